The second-order valence-corrected chi connectivity index (χ2v) is 4.28. The Hall–Kier alpha value is -0.790. The summed E-state index contributed by atoms with van der Waals surface area (Å²) in [4.78, 5) is 10.7. The molecule has 0 aromatic rings. The van der Waals surface area contributed by atoms with Gasteiger partial charge in [0.1, 0.15) is 0 Å². The summed E-state index contributed by atoms with van der Waals surface area (Å²) in [6, 6.07) is 0. The van der Waals surface area contributed by atoms with Gasteiger partial charge in [-0.25, -0.2) is 0 Å². The number of carbonyl (C=O) groups is 1. The Bertz CT molecular complexity index is 192. The maximum atomic E-state index is 10.7. The van der Waals surface area contributed by atoms with Crippen LogP contribution in [0.3, 0.4) is 0 Å². The molecule has 0 amide bonds. The molecule has 0 saturated heterocycles. The third-order valence-corrected chi connectivity index (χ3v) is 3.22. The van der Waals surface area contributed by atoms with Crippen molar-refractivity contribution >= 4 is 5.97 Å². The van der Waals surface area contributed by atoms with E-state index in [2.05, 4.69) is 6.58 Å². The van der Waals surface area contributed by atoms with Crippen molar-refractivity contribution in [3.8, 4) is 0 Å². The van der Waals surface area contributed by atoms with Crippen molar-refractivity contribution < 1.29 is 9.90 Å². The van der Waals surface area contributed by atoms with Crippen LogP contribution in [-0.2, 0) is 4.79 Å². The SMILES string of the molecule is C=CCC(CC(=O)O)C1CCCCC1. The first-order valence-corrected chi connectivity index (χ1v) is 5.56. The molecule has 0 bridgehead atoms. The van der Waals surface area contributed by atoms with E-state index in [0.29, 0.717) is 18.3 Å². The highest BCUT2D eigenvalue weighted by molar-refractivity contribution is 5.67. The van der Waals surface area contributed by atoms with Crippen LogP contribution in [0.25, 0.3) is 0 Å². The maximum Gasteiger partial charge on any atom is 0.303 e. The van der Waals surface area contributed by atoms with Crippen LogP contribution in [-0.4, -0.2) is 11.1 Å². The minimum Gasteiger partial charge on any atom is -0.481 e. The van der Waals surface area contributed by atoms with Crippen molar-refractivity contribution in [2.45, 2.75) is 44.9 Å². The fourth-order valence-electron chi connectivity index (χ4n) is 2.49. The van der Waals surface area contributed by atoms with Crippen molar-refractivity contribution in [2.75, 3.05) is 0 Å². The second kappa shape index (κ2) is 5.84. The molecule has 14 heavy (non-hydrogen) atoms. The Morgan fingerprint density at radius 1 is 1.43 bits per heavy atom. The molecule has 0 radical (unpaired) electrons. The zero-order chi connectivity index (χ0) is 10.4. The van der Waals surface area contributed by atoms with Gasteiger partial charge in [0.2, 0.25) is 0 Å². The van der Waals surface area contributed by atoms with Gasteiger partial charge in [-0.1, -0.05) is 38.2 Å². The minimum atomic E-state index is -0.664. The molecular formula is C12H20O2. The number of hydrogen-bond acceptors (Lipinski definition) is 1. The Balaban J connectivity index is 2.46. The van der Waals surface area contributed by atoms with E-state index in [1.165, 1.54) is 32.1 Å². The van der Waals surface area contributed by atoms with E-state index in [1.54, 1.807) is 0 Å². The van der Waals surface area contributed by atoms with Gasteiger partial charge >= 0.3 is 5.97 Å². The van der Waals surface area contributed by atoms with E-state index in [-0.39, 0.29) is 0 Å². The lowest BCUT2D eigenvalue weighted by molar-refractivity contribution is -0.138. The fourth-order valence-corrected chi connectivity index (χ4v) is 2.49. The van der Waals surface area contributed by atoms with Crippen LogP contribution in [0.15, 0.2) is 12.7 Å². The molecule has 1 saturated carbocycles. The van der Waals surface area contributed by atoms with Gasteiger partial charge in [-0.05, 0) is 18.3 Å². The highest BCUT2D eigenvalue weighted by Crippen LogP contribution is 2.33. The van der Waals surface area contributed by atoms with E-state index in [1.807, 2.05) is 6.08 Å². The van der Waals surface area contributed by atoms with E-state index >= 15 is 0 Å². The van der Waals surface area contributed by atoms with Gasteiger partial charge in [-0.15, -0.1) is 6.58 Å². The van der Waals surface area contributed by atoms with Crippen molar-refractivity contribution in [3.05, 3.63) is 12.7 Å². The van der Waals surface area contributed by atoms with Crippen molar-refractivity contribution in [1.82, 2.24) is 0 Å². The average molecular weight is 196 g/mol. The lowest BCUT2D eigenvalue weighted by Gasteiger charge is -2.28. The highest BCUT2D eigenvalue weighted by Gasteiger charge is 2.24. The maximum absolute atomic E-state index is 10.7. The summed E-state index contributed by atoms with van der Waals surface area (Å²) in [6.07, 6.45) is 9.34. The molecule has 0 aliphatic heterocycles. The van der Waals surface area contributed by atoms with Gasteiger partial charge in [-0.2, -0.15) is 0 Å². The van der Waals surface area contributed by atoms with Crippen molar-refractivity contribution in [2.24, 2.45) is 11.8 Å². The monoisotopic (exact) mass is 196 g/mol. The average Bonchev–Trinajstić information content (AvgIpc) is 2.18. The van der Waals surface area contributed by atoms with E-state index in [0.717, 1.165) is 6.42 Å². The van der Waals surface area contributed by atoms with Crippen LogP contribution < -0.4 is 0 Å². The van der Waals surface area contributed by atoms with Gasteiger partial charge in [0.25, 0.3) is 0 Å². The second-order valence-electron chi connectivity index (χ2n) is 4.28. The molecule has 1 fully saturated rings. The van der Waals surface area contributed by atoms with E-state index < -0.39 is 5.97 Å². The van der Waals surface area contributed by atoms with Gasteiger partial charge < -0.3 is 5.11 Å². The van der Waals surface area contributed by atoms with Gasteiger partial charge in [0, 0.05) is 6.42 Å². The number of carboxylic acids is 1. The number of allylic oxidation sites excluding steroid dienone is 1. The van der Waals surface area contributed by atoms with Crippen LogP contribution in [0, 0.1) is 11.8 Å². The summed E-state index contributed by atoms with van der Waals surface area (Å²) in [5.41, 5.74) is 0. The lowest BCUT2D eigenvalue weighted by Crippen LogP contribution is -2.20. The molecule has 2 nitrogen and oxygen atoms in total. The molecule has 80 valence electrons. The van der Waals surface area contributed by atoms with Gasteiger partial charge in [0.05, 0.1) is 0 Å². The van der Waals surface area contributed by atoms with E-state index in [9.17, 15) is 4.79 Å². The third-order valence-electron chi connectivity index (χ3n) is 3.22. The normalized spacial score (nSPS) is 20.3. The van der Waals surface area contributed by atoms with Crippen LogP contribution >= 0.6 is 0 Å². The molecule has 1 N–H and O–H groups in total. The summed E-state index contributed by atoms with van der Waals surface area (Å²) in [5, 5.41) is 8.81. The predicted octanol–water partition coefficient (Wildman–Crippen LogP) is 3.23. The van der Waals surface area contributed by atoms with Gasteiger partial charge in [0.15, 0.2) is 0 Å². The molecule has 0 aromatic heterocycles. The first kappa shape index (κ1) is 11.3. The lowest BCUT2D eigenvalue weighted by atomic mass is 9.77. The molecule has 2 heteroatoms. The summed E-state index contributed by atoms with van der Waals surface area (Å²) in [5.74, 6) is 0.283. The number of rotatable bonds is 5. The Morgan fingerprint density at radius 3 is 2.57 bits per heavy atom. The topological polar surface area (TPSA) is 37.3 Å². The summed E-state index contributed by atoms with van der Waals surface area (Å²) in [7, 11) is 0. The fraction of sp³-hybridized carbons (Fsp3) is 0.750. The van der Waals surface area contributed by atoms with Gasteiger partial charge in [-0.3, -0.25) is 4.79 Å². The first-order chi connectivity index (χ1) is 6.74. The van der Waals surface area contributed by atoms with Crippen molar-refractivity contribution in [3.63, 3.8) is 0 Å². The highest BCUT2D eigenvalue weighted by atomic mass is 16.4. The molecule has 0 heterocycles. The molecule has 1 atom stereocenters. The van der Waals surface area contributed by atoms with Crippen LogP contribution in [0.2, 0.25) is 0 Å². The molecular weight excluding hydrogens is 176 g/mol. The minimum absolute atomic E-state index is 0.316. The number of hydrogen-bond donors (Lipinski definition) is 1. The largest absolute Gasteiger partial charge is 0.481 e. The first-order valence-electron chi connectivity index (χ1n) is 5.56. The number of aliphatic carboxylic acids is 1. The Labute approximate surface area is 86.0 Å². The molecule has 0 spiro atoms. The molecule has 0 aromatic carbocycles. The number of carboxylic acid groups (broad SMARTS) is 1. The Kier molecular flexibility index (Phi) is 4.71. The molecule has 1 aliphatic rings. The van der Waals surface area contributed by atoms with Crippen LogP contribution in [0.1, 0.15) is 44.9 Å². The van der Waals surface area contributed by atoms with Crippen molar-refractivity contribution in [1.29, 1.82) is 0 Å². The standard InChI is InChI=1S/C12H20O2/c1-2-6-11(9-12(13)14)10-7-4-3-5-8-10/h2,10-11H,1,3-9H2,(H,13,14). The third kappa shape index (κ3) is 3.52. The summed E-state index contributed by atoms with van der Waals surface area (Å²) < 4.78 is 0. The zero-order valence-corrected chi connectivity index (χ0v) is 8.74. The van der Waals surface area contributed by atoms with E-state index in [4.69, 9.17) is 5.11 Å². The summed E-state index contributed by atoms with van der Waals surface area (Å²) in [6.45, 7) is 3.71. The Morgan fingerprint density at radius 2 is 2.07 bits per heavy atom. The summed E-state index contributed by atoms with van der Waals surface area (Å²) >= 11 is 0. The van der Waals surface area contributed by atoms with Crippen LogP contribution in [0.5, 0.6) is 0 Å². The predicted molar refractivity (Wildman–Crippen MR) is 57.1 cm³/mol. The zero-order valence-electron chi connectivity index (χ0n) is 8.74. The smallest absolute Gasteiger partial charge is 0.303 e. The molecule has 1 aliphatic carbocycles. The quantitative estimate of drug-likeness (QED) is 0.685. The molecule has 1 unspecified atom stereocenters. The van der Waals surface area contributed by atoms with Crippen LogP contribution in [0.4, 0.5) is 0 Å². The molecule has 1 rings (SSSR count).